The molecule has 1 aliphatic rings. The van der Waals surface area contributed by atoms with Crippen molar-refractivity contribution >= 4 is 55.6 Å². The number of aromatic nitrogens is 4. The zero-order valence-corrected chi connectivity index (χ0v) is 23.5. The number of oxime groups is 1. The molecule has 0 amide bonds. The Morgan fingerprint density at radius 1 is 1.00 bits per heavy atom. The summed E-state index contributed by atoms with van der Waals surface area (Å²) in [5, 5.41) is 7.20. The van der Waals surface area contributed by atoms with Crippen molar-refractivity contribution in [1.29, 1.82) is 0 Å². The molecule has 0 radical (unpaired) electrons. The number of halogens is 1. The molecule has 8 nitrogen and oxygen atoms in total. The van der Waals surface area contributed by atoms with Gasteiger partial charge in [-0.3, -0.25) is 0 Å². The fourth-order valence-electron chi connectivity index (χ4n) is 4.67. The smallest absolute Gasteiger partial charge is 0.165 e. The van der Waals surface area contributed by atoms with Gasteiger partial charge in [-0.1, -0.05) is 39.3 Å². The number of hydrogen-bond donors (Lipinski definition) is 1. The van der Waals surface area contributed by atoms with E-state index in [1.54, 1.807) is 11.3 Å². The van der Waals surface area contributed by atoms with E-state index in [9.17, 15) is 0 Å². The van der Waals surface area contributed by atoms with Crippen molar-refractivity contribution in [1.82, 2.24) is 19.9 Å². The molecule has 1 aromatic carbocycles. The molecule has 1 aliphatic heterocycles. The topological polar surface area (TPSA) is 102 Å². The van der Waals surface area contributed by atoms with Crippen LogP contribution in [0.3, 0.4) is 0 Å². The van der Waals surface area contributed by atoms with Crippen molar-refractivity contribution < 1.29 is 4.84 Å². The molecule has 6 rings (SSSR count). The van der Waals surface area contributed by atoms with Gasteiger partial charge in [0.15, 0.2) is 5.65 Å². The normalized spacial score (nSPS) is 13.6. The summed E-state index contributed by atoms with van der Waals surface area (Å²) in [5.41, 5.74) is 11.5. The fraction of sp³-hybridized carbons (Fsp3) is 0.207. The van der Waals surface area contributed by atoms with E-state index in [1.807, 2.05) is 36.5 Å². The Bertz CT molecular complexity index is 1610. The van der Waals surface area contributed by atoms with E-state index in [-0.39, 0.29) is 0 Å². The standard InChI is InChI=1S/C29H26BrN7OS/c30-21-4-1-3-19(15-21)24-16-25(35-29-27(24)28(31)33-18-34-29)20-6-7-26(32-17-20)37-11-8-22(9-12-37)36-38-13-10-23-5-2-14-39-23/h1-7,14-18H,8-13H2,(H2,31,33,34,35). The minimum absolute atomic E-state index is 0.406. The van der Waals surface area contributed by atoms with Crippen molar-refractivity contribution in [3.63, 3.8) is 0 Å². The summed E-state index contributed by atoms with van der Waals surface area (Å²) in [6.07, 6.45) is 5.95. The van der Waals surface area contributed by atoms with Crippen LogP contribution in [0, 0.1) is 0 Å². The molecule has 5 aromatic rings. The van der Waals surface area contributed by atoms with Crippen LogP contribution in [0.5, 0.6) is 0 Å². The van der Waals surface area contributed by atoms with E-state index in [0.717, 1.165) is 76.1 Å². The monoisotopic (exact) mass is 599 g/mol. The van der Waals surface area contributed by atoms with Gasteiger partial charge in [-0.25, -0.2) is 19.9 Å². The number of rotatable bonds is 7. The fourth-order valence-corrected chi connectivity index (χ4v) is 5.76. The molecular formula is C29H26BrN7OS. The molecule has 0 spiro atoms. The second-order valence-electron chi connectivity index (χ2n) is 9.24. The first-order valence-corrected chi connectivity index (χ1v) is 14.4. The number of thiophene rings is 1. The van der Waals surface area contributed by atoms with Crippen LogP contribution in [0.15, 0.2) is 82.1 Å². The maximum atomic E-state index is 6.25. The van der Waals surface area contributed by atoms with Gasteiger partial charge in [0.1, 0.15) is 24.6 Å². The van der Waals surface area contributed by atoms with Crippen LogP contribution in [-0.4, -0.2) is 45.3 Å². The Hall–Kier alpha value is -3.89. The largest absolute Gasteiger partial charge is 0.395 e. The van der Waals surface area contributed by atoms with Gasteiger partial charge in [0.05, 0.1) is 16.8 Å². The molecule has 0 atom stereocenters. The van der Waals surface area contributed by atoms with E-state index in [0.29, 0.717) is 18.1 Å². The van der Waals surface area contributed by atoms with Crippen LogP contribution in [-0.2, 0) is 11.3 Å². The van der Waals surface area contributed by atoms with Crippen molar-refractivity contribution in [2.75, 3.05) is 30.3 Å². The highest BCUT2D eigenvalue weighted by molar-refractivity contribution is 9.10. The molecule has 0 aliphatic carbocycles. The molecular weight excluding hydrogens is 574 g/mol. The van der Waals surface area contributed by atoms with Crippen LogP contribution in [0.2, 0.25) is 0 Å². The van der Waals surface area contributed by atoms with E-state index in [2.05, 4.69) is 65.6 Å². The number of piperidine rings is 1. The minimum atomic E-state index is 0.406. The van der Waals surface area contributed by atoms with Crippen LogP contribution in [0.25, 0.3) is 33.4 Å². The number of benzene rings is 1. The lowest BCUT2D eigenvalue weighted by Gasteiger charge is -2.28. The molecule has 1 saturated heterocycles. The summed E-state index contributed by atoms with van der Waals surface area (Å²) in [5.74, 6) is 1.35. The zero-order chi connectivity index (χ0) is 26.6. The average Bonchev–Trinajstić information content (AvgIpc) is 3.49. The Morgan fingerprint density at radius 2 is 1.90 bits per heavy atom. The second kappa shape index (κ2) is 11.5. The molecule has 10 heteroatoms. The molecule has 4 aromatic heterocycles. The number of nitrogens with two attached hydrogens (primary N) is 1. The molecule has 0 saturated carbocycles. The number of fused-ring (bicyclic) bond motifs is 1. The van der Waals surface area contributed by atoms with Crippen LogP contribution in [0.1, 0.15) is 17.7 Å². The molecule has 196 valence electrons. The van der Waals surface area contributed by atoms with Gasteiger partial charge in [-0.2, -0.15) is 0 Å². The van der Waals surface area contributed by atoms with Gasteiger partial charge in [0, 0.05) is 53.5 Å². The second-order valence-corrected chi connectivity index (χ2v) is 11.2. The lowest BCUT2D eigenvalue weighted by Crippen LogP contribution is -2.34. The lowest BCUT2D eigenvalue weighted by molar-refractivity contribution is 0.146. The first-order valence-electron chi connectivity index (χ1n) is 12.7. The van der Waals surface area contributed by atoms with E-state index in [4.69, 9.17) is 20.5 Å². The van der Waals surface area contributed by atoms with Crippen LogP contribution < -0.4 is 10.6 Å². The van der Waals surface area contributed by atoms with Gasteiger partial charge in [-0.15, -0.1) is 11.3 Å². The van der Waals surface area contributed by atoms with Gasteiger partial charge in [-0.05, 0) is 52.9 Å². The van der Waals surface area contributed by atoms with E-state index in [1.165, 1.54) is 11.2 Å². The number of hydrogen-bond acceptors (Lipinski definition) is 9. The van der Waals surface area contributed by atoms with Crippen LogP contribution >= 0.6 is 27.3 Å². The Balaban J connectivity index is 1.17. The molecule has 1 fully saturated rings. The molecule has 0 bridgehead atoms. The Morgan fingerprint density at radius 3 is 2.67 bits per heavy atom. The van der Waals surface area contributed by atoms with Gasteiger partial charge >= 0.3 is 0 Å². The maximum Gasteiger partial charge on any atom is 0.165 e. The first-order chi connectivity index (χ1) is 19.1. The van der Waals surface area contributed by atoms with Crippen molar-refractivity contribution in [3.05, 3.63) is 81.9 Å². The molecule has 0 unspecified atom stereocenters. The lowest BCUT2D eigenvalue weighted by atomic mass is 10.0. The van der Waals surface area contributed by atoms with Gasteiger partial charge in [0.25, 0.3) is 0 Å². The highest BCUT2D eigenvalue weighted by Crippen LogP contribution is 2.34. The third-order valence-corrected chi connectivity index (χ3v) is 8.12. The van der Waals surface area contributed by atoms with Crippen molar-refractivity contribution in [2.24, 2.45) is 5.16 Å². The summed E-state index contributed by atoms with van der Waals surface area (Å²) in [6, 6.07) is 18.4. The van der Waals surface area contributed by atoms with Crippen molar-refractivity contribution in [2.45, 2.75) is 19.3 Å². The summed E-state index contributed by atoms with van der Waals surface area (Å²) in [7, 11) is 0. The summed E-state index contributed by atoms with van der Waals surface area (Å²) < 4.78 is 0.979. The molecule has 5 heterocycles. The van der Waals surface area contributed by atoms with Gasteiger partial charge in [0.2, 0.25) is 0 Å². The molecule has 39 heavy (non-hydrogen) atoms. The minimum Gasteiger partial charge on any atom is -0.395 e. The number of anilines is 2. The highest BCUT2D eigenvalue weighted by Gasteiger charge is 2.18. The zero-order valence-electron chi connectivity index (χ0n) is 21.1. The number of nitrogen functional groups attached to an aromatic ring is 1. The first kappa shape index (κ1) is 25.4. The Labute approximate surface area is 238 Å². The van der Waals surface area contributed by atoms with Crippen LogP contribution in [0.4, 0.5) is 11.6 Å². The SMILES string of the molecule is Nc1ncnc2nc(-c3ccc(N4CCC(=NOCCc5cccs5)CC4)nc3)cc(-c3cccc(Br)c3)c12. The average molecular weight is 601 g/mol. The molecule has 2 N–H and O–H groups in total. The van der Waals surface area contributed by atoms with Crippen molar-refractivity contribution in [3.8, 4) is 22.4 Å². The third-order valence-electron chi connectivity index (χ3n) is 6.69. The number of pyridine rings is 2. The Kier molecular flexibility index (Phi) is 7.46. The van der Waals surface area contributed by atoms with E-state index >= 15 is 0 Å². The highest BCUT2D eigenvalue weighted by atomic mass is 79.9. The summed E-state index contributed by atoms with van der Waals surface area (Å²) in [4.78, 5) is 27.3. The number of nitrogens with zero attached hydrogens (tertiary/aromatic N) is 6. The van der Waals surface area contributed by atoms with E-state index < -0.39 is 0 Å². The maximum absolute atomic E-state index is 6.25. The van der Waals surface area contributed by atoms with Gasteiger partial charge < -0.3 is 15.5 Å². The summed E-state index contributed by atoms with van der Waals surface area (Å²) in [6.45, 7) is 2.33. The predicted molar refractivity (Wildman–Crippen MR) is 161 cm³/mol. The predicted octanol–water partition coefficient (Wildman–Crippen LogP) is 6.38. The third kappa shape index (κ3) is 5.76. The summed E-state index contributed by atoms with van der Waals surface area (Å²) >= 11 is 5.32. The quantitative estimate of drug-likeness (QED) is 0.171.